The van der Waals surface area contributed by atoms with Crippen molar-refractivity contribution in [2.45, 2.75) is 19.4 Å². The van der Waals surface area contributed by atoms with Gasteiger partial charge in [-0.3, -0.25) is 4.79 Å². The molecule has 1 fully saturated rings. The summed E-state index contributed by atoms with van der Waals surface area (Å²) in [6.45, 7) is 1.50. The van der Waals surface area contributed by atoms with E-state index >= 15 is 0 Å². The quantitative estimate of drug-likeness (QED) is 0.717. The molecule has 2 aromatic carbocycles. The van der Waals surface area contributed by atoms with Crippen molar-refractivity contribution in [3.05, 3.63) is 71.8 Å². The number of methoxy groups -OCH3 is 1. The highest BCUT2D eigenvalue weighted by molar-refractivity contribution is 5.92. The first-order chi connectivity index (χ1) is 11.8. The average Bonchev–Trinajstić information content (AvgIpc) is 3.44. The summed E-state index contributed by atoms with van der Waals surface area (Å²) < 4.78 is 5.33. The summed E-state index contributed by atoms with van der Waals surface area (Å²) in [5.74, 6) is 1.49. The molecule has 1 aliphatic carbocycles. The first kappa shape index (κ1) is 16.3. The molecule has 0 saturated heterocycles. The minimum atomic E-state index is 0.0525. The predicted molar refractivity (Wildman–Crippen MR) is 96.6 cm³/mol. The summed E-state index contributed by atoms with van der Waals surface area (Å²) in [7, 11) is 1.64. The van der Waals surface area contributed by atoms with Gasteiger partial charge in [0.1, 0.15) is 5.75 Å². The Hall–Kier alpha value is -2.55. The maximum atomic E-state index is 12.7. The van der Waals surface area contributed by atoms with Gasteiger partial charge < -0.3 is 9.64 Å². The third-order valence-corrected chi connectivity index (χ3v) is 4.25. The number of ether oxygens (including phenoxy) is 1. The van der Waals surface area contributed by atoms with Crippen molar-refractivity contribution in [2.75, 3.05) is 13.7 Å². The summed E-state index contributed by atoms with van der Waals surface area (Å²) in [5.41, 5.74) is 2.08. The van der Waals surface area contributed by atoms with Gasteiger partial charge in [0.15, 0.2) is 0 Å². The van der Waals surface area contributed by atoms with Gasteiger partial charge in [0.05, 0.1) is 7.11 Å². The molecule has 1 saturated carbocycles. The van der Waals surface area contributed by atoms with Crippen molar-refractivity contribution < 1.29 is 9.53 Å². The van der Waals surface area contributed by atoms with E-state index < -0.39 is 0 Å². The van der Waals surface area contributed by atoms with Crippen molar-refractivity contribution in [2.24, 2.45) is 5.92 Å². The fourth-order valence-corrected chi connectivity index (χ4v) is 2.72. The number of benzene rings is 2. The smallest absolute Gasteiger partial charge is 0.246 e. The number of carbonyl (C=O) groups excluding carboxylic acids is 1. The number of carbonyl (C=O) groups is 1. The highest BCUT2D eigenvalue weighted by Crippen LogP contribution is 2.30. The molecule has 1 amide bonds. The van der Waals surface area contributed by atoms with E-state index in [1.165, 1.54) is 12.8 Å². The van der Waals surface area contributed by atoms with Crippen LogP contribution in [0.1, 0.15) is 24.0 Å². The van der Waals surface area contributed by atoms with E-state index in [1.807, 2.05) is 53.4 Å². The van der Waals surface area contributed by atoms with Gasteiger partial charge in [-0.1, -0.05) is 48.5 Å². The van der Waals surface area contributed by atoms with E-state index in [0.717, 1.165) is 23.4 Å². The molecule has 124 valence electrons. The Morgan fingerprint density at radius 1 is 1.12 bits per heavy atom. The molecular weight excluding hydrogens is 298 g/mol. The van der Waals surface area contributed by atoms with Crippen LogP contribution >= 0.6 is 0 Å². The Bertz CT molecular complexity index is 705. The molecule has 3 nitrogen and oxygen atoms in total. The zero-order chi connectivity index (χ0) is 16.8. The molecule has 0 unspecified atom stereocenters. The number of rotatable bonds is 7. The Labute approximate surface area is 143 Å². The van der Waals surface area contributed by atoms with E-state index in [-0.39, 0.29) is 5.91 Å². The third kappa shape index (κ3) is 4.48. The standard InChI is InChI=1S/C21H23NO2/c1-24-20-10-6-5-9-19(20)13-14-21(23)22(16-18-11-12-18)15-17-7-3-2-4-8-17/h2-10,13-14,18H,11-12,15-16H2,1H3. The van der Waals surface area contributed by atoms with Gasteiger partial charge >= 0.3 is 0 Å². The van der Waals surface area contributed by atoms with Gasteiger partial charge in [-0.2, -0.15) is 0 Å². The van der Waals surface area contributed by atoms with Crippen LogP contribution in [-0.4, -0.2) is 24.5 Å². The molecule has 24 heavy (non-hydrogen) atoms. The lowest BCUT2D eigenvalue weighted by molar-refractivity contribution is -0.126. The molecule has 0 aliphatic heterocycles. The molecule has 0 N–H and O–H groups in total. The zero-order valence-corrected chi connectivity index (χ0v) is 14.0. The topological polar surface area (TPSA) is 29.5 Å². The molecule has 0 bridgehead atoms. The molecule has 3 heteroatoms. The molecule has 1 aliphatic rings. The highest BCUT2D eigenvalue weighted by atomic mass is 16.5. The molecule has 3 rings (SSSR count). The Kier molecular flexibility index (Phi) is 5.32. The Balaban J connectivity index is 1.71. The second-order valence-electron chi connectivity index (χ2n) is 6.22. The van der Waals surface area contributed by atoms with E-state index in [9.17, 15) is 4.79 Å². The fraction of sp³-hybridized carbons (Fsp3) is 0.286. The van der Waals surface area contributed by atoms with Crippen LogP contribution < -0.4 is 4.74 Å². The second kappa shape index (κ2) is 7.82. The molecule has 0 radical (unpaired) electrons. The van der Waals surface area contributed by atoms with Crippen LogP contribution in [0.5, 0.6) is 5.75 Å². The minimum absolute atomic E-state index is 0.0525. The molecule has 0 heterocycles. The van der Waals surface area contributed by atoms with Crippen molar-refractivity contribution in [3.8, 4) is 5.75 Å². The largest absolute Gasteiger partial charge is 0.496 e. The maximum absolute atomic E-state index is 12.7. The van der Waals surface area contributed by atoms with E-state index in [0.29, 0.717) is 12.5 Å². The lowest BCUT2D eigenvalue weighted by Gasteiger charge is -2.21. The van der Waals surface area contributed by atoms with Crippen LogP contribution in [0, 0.1) is 5.92 Å². The first-order valence-electron chi connectivity index (χ1n) is 8.40. The van der Waals surface area contributed by atoms with Gasteiger partial charge in [-0.05, 0) is 36.5 Å². The lowest BCUT2D eigenvalue weighted by atomic mass is 10.1. The van der Waals surface area contributed by atoms with Crippen LogP contribution in [0.2, 0.25) is 0 Å². The SMILES string of the molecule is COc1ccccc1C=CC(=O)N(Cc1ccccc1)CC1CC1. The van der Waals surface area contributed by atoms with Gasteiger partial charge in [-0.25, -0.2) is 0 Å². The Morgan fingerprint density at radius 2 is 1.83 bits per heavy atom. The van der Waals surface area contributed by atoms with E-state index in [1.54, 1.807) is 13.2 Å². The van der Waals surface area contributed by atoms with E-state index in [2.05, 4.69) is 12.1 Å². The molecular formula is C21H23NO2. The number of amides is 1. The molecule has 0 aromatic heterocycles. The van der Waals surface area contributed by atoms with Crippen molar-refractivity contribution in [3.63, 3.8) is 0 Å². The number of para-hydroxylation sites is 1. The zero-order valence-electron chi connectivity index (χ0n) is 14.0. The Morgan fingerprint density at radius 3 is 2.54 bits per heavy atom. The monoisotopic (exact) mass is 321 g/mol. The van der Waals surface area contributed by atoms with Crippen molar-refractivity contribution in [1.82, 2.24) is 4.90 Å². The highest BCUT2D eigenvalue weighted by Gasteiger charge is 2.26. The average molecular weight is 321 g/mol. The minimum Gasteiger partial charge on any atom is -0.496 e. The third-order valence-electron chi connectivity index (χ3n) is 4.25. The van der Waals surface area contributed by atoms with Crippen molar-refractivity contribution in [1.29, 1.82) is 0 Å². The first-order valence-corrected chi connectivity index (χ1v) is 8.40. The van der Waals surface area contributed by atoms with Crippen LogP contribution in [0.15, 0.2) is 60.7 Å². The van der Waals surface area contributed by atoms with Crippen LogP contribution in [-0.2, 0) is 11.3 Å². The maximum Gasteiger partial charge on any atom is 0.246 e. The number of hydrogen-bond donors (Lipinski definition) is 0. The summed E-state index contributed by atoms with van der Waals surface area (Å²) in [6, 6.07) is 17.9. The van der Waals surface area contributed by atoms with Gasteiger partial charge in [0.25, 0.3) is 0 Å². The van der Waals surface area contributed by atoms with Gasteiger partial charge in [0, 0.05) is 24.7 Å². The molecule has 0 atom stereocenters. The van der Waals surface area contributed by atoms with Crippen LogP contribution in [0.3, 0.4) is 0 Å². The normalized spacial score (nSPS) is 13.9. The van der Waals surface area contributed by atoms with Crippen molar-refractivity contribution >= 4 is 12.0 Å². The lowest BCUT2D eigenvalue weighted by Crippen LogP contribution is -2.31. The van der Waals surface area contributed by atoms with Crippen LogP contribution in [0.25, 0.3) is 6.08 Å². The number of nitrogens with zero attached hydrogens (tertiary/aromatic N) is 1. The van der Waals surface area contributed by atoms with E-state index in [4.69, 9.17) is 4.74 Å². The van der Waals surface area contributed by atoms with Gasteiger partial charge in [0.2, 0.25) is 5.91 Å². The fourth-order valence-electron chi connectivity index (χ4n) is 2.72. The second-order valence-corrected chi connectivity index (χ2v) is 6.22. The number of hydrogen-bond acceptors (Lipinski definition) is 2. The molecule has 0 spiro atoms. The van der Waals surface area contributed by atoms with Crippen LogP contribution in [0.4, 0.5) is 0 Å². The summed E-state index contributed by atoms with van der Waals surface area (Å²) in [6.07, 6.45) is 5.96. The molecule has 2 aromatic rings. The summed E-state index contributed by atoms with van der Waals surface area (Å²) >= 11 is 0. The predicted octanol–water partition coefficient (Wildman–Crippen LogP) is 4.15. The summed E-state index contributed by atoms with van der Waals surface area (Å²) in [5, 5.41) is 0. The van der Waals surface area contributed by atoms with Gasteiger partial charge in [-0.15, -0.1) is 0 Å². The summed E-state index contributed by atoms with van der Waals surface area (Å²) in [4.78, 5) is 14.6.